The fraction of sp³-hybridized carbons (Fsp3) is 0.611. The standard InChI is InChI=1S/C18H29NO2/c1-3-5-14-19(15-6-4-2)17-12-10-16(11-13-17)8-7-9-18(20)21/h10-13H,3-9,14-15H2,1-2H3,(H,20,21). The molecule has 0 saturated carbocycles. The zero-order valence-corrected chi connectivity index (χ0v) is 13.5. The lowest BCUT2D eigenvalue weighted by Crippen LogP contribution is -2.25. The largest absolute Gasteiger partial charge is 0.481 e. The molecule has 1 N–H and O–H groups in total. The number of hydrogen-bond donors (Lipinski definition) is 1. The molecule has 0 spiro atoms. The monoisotopic (exact) mass is 291 g/mol. The van der Waals surface area contributed by atoms with Crippen molar-refractivity contribution in [2.45, 2.75) is 58.8 Å². The molecule has 21 heavy (non-hydrogen) atoms. The summed E-state index contributed by atoms with van der Waals surface area (Å²) >= 11 is 0. The lowest BCUT2D eigenvalue weighted by molar-refractivity contribution is -0.137. The van der Waals surface area contributed by atoms with E-state index in [9.17, 15) is 4.79 Å². The van der Waals surface area contributed by atoms with Crippen molar-refractivity contribution in [1.29, 1.82) is 0 Å². The summed E-state index contributed by atoms with van der Waals surface area (Å²) in [5.74, 6) is -0.711. The molecule has 0 fully saturated rings. The highest BCUT2D eigenvalue weighted by molar-refractivity contribution is 5.66. The number of aliphatic carboxylic acids is 1. The van der Waals surface area contributed by atoms with Gasteiger partial charge in [0.25, 0.3) is 0 Å². The van der Waals surface area contributed by atoms with Gasteiger partial charge in [-0.3, -0.25) is 4.79 Å². The van der Waals surface area contributed by atoms with Gasteiger partial charge in [0, 0.05) is 25.2 Å². The molecule has 1 aromatic rings. The van der Waals surface area contributed by atoms with Gasteiger partial charge in [-0.25, -0.2) is 0 Å². The van der Waals surface area contributed by atoms with Gasteiger partial charge in [-0.15, -0.1) is 0 Å². The lowest BCUT2D eigenvalue weighted by atomic mass is 10.1. The third-order valence-corrected chi connectivity index (χ3v) is 3.72. The summed E-state index contributed by atoms with van der Waals surface area (Å²) < 4.78 is 0. The molecule has 3 heteroatoms. The Hall–Kier alpha value is -1.51. The van der Waals surface area contributed by atoms with Gasteiger partial charge < -0.3 is 10.0 Å². The Morgan fingerprint density at radius 1 is 1.00 bits per heavy atom. The first-order valence-electron chi connectivity index (χ1n) is 8.23. The Morgan fingerprint density at radius 3 is 2.05 bits per heavy atom. The summed E-state index contributed by atoms with van der Waals surface area (Å²) in [5.41, 5.74) is 2.52. The van der Waals surface area contributed by atoms with Crippen molar-refractivity contribution in [1.82, 2.24) is 0 Å². The zero-order chi connectivity index (χ0) is 15.5. The van der Waals surface area contributed by atoms with Crippen LogP contribution in [0, 0.1) is 0 Å². The molecule has 0 radical (unpaired) electrons. The van der Waals surface area contributed by atoms with Crippen LogP contribution in [0.5, 0.6) is 0 Å². The summed E-state index contributed by atoms with van der Waals surface area (Å²) in [6, 6.07) is 8.65. The molecule has 0 aliphatic rings. The predicted molar refractivity (Wildman–Crippen MR) is 89.0 cm³/mol. The maximum absolute atomic E-state index is 10.5. The molecule has 0 unspecified atom stereocenters. The molecule has 0 atom stereocenters. The van der Waals surface area contributed by atoms with Gasteiger partial charge >= 0.3 is 5.97 Å². The first-order valence-corrected chi connectivity index (χ1v) is 8.23. The molecule has 0 heterocycles. The quantitative estimate of drug-likeness (QED) is 0.652. The molecule has 0 aliphatic heterocycles. The minimum Gasteiger partial charge on any atom is -0.481 e. The summed E-state index contributed by atoms with van der Waals surface area (Å²) in [5, 5.41) is 8.67. The zero-order valence-electron chi connectivity index (χ0n) is 13.5. The number of unbranched alkanes of at least 4 members (excludes halogenated alkanes) is 2. The number of anilines is 1. The van der Waals surface area contributed by atoms with Crippen molar-refractivity contribution >= 4 is 11.7 Å². The second-order valence-electron chi connectivity index (χ2n) is 5.61. The van der Waals surface area contributed by atoms with E-state index in [4.69, 9.17) is 5.11 Å². The molecule has 1 rings (SSSR count). The number of benzene rings is 1. The maximum Gasteiger partial charge on any atom is 0.303 e. The highest BCUT2D eigenvalue weighted by Gasteiger charge is 2.06. The summed E-state index contributed by atoms with van der Waals surface area (Å²) in [6.45, 7) is 6.69. The summed E-state index contributed by atoms with van der Waals surface area (Å²) in [7, 11) is 0. The van der Waals surface area contributed by atoms with Crippen LogP contribution in [0.4, 0.5) is 5.69 Å². The normalized spacial score (nSPS) is 10.6. The van der Waals surface area contributed by atoms with Gasteiger partial charge in [0.05, 0.1) is 0 Å². The predicted octanol–water partition coefficient (Wildman–Crippen LogP) is 4.50. The topological polar surface area (TPSA) is 40.5 Å². The van der Waals surface area contributed by atoms with Gasteiger partial charge in [0.1, 0.15) is 0 Å². The number of rotatable bonds is 11. The van der Waals surface area contributed by atoms with Crippen LogP contribution in [-0.4, -0.2) is 24.2 Å². The Kier molecular flexibility index (Phi) is 8.56. The average molecular weight is 291 g/mol. The summed E-state index contributed by atoms with van der Waals surface area (Å²) in [4.78, 5) is 13.0. The van der Waals surface area contributed by atoms with Crippen LogP contribution in [0.3, 0.4) is 0 Å². The Bertz CT molecular complexity index is 392. The first-order chi connectivity index (χ1) is 10.2. The van der Waals surface area contributed by atoms with E-state index in [-0.39, 0.29) is 6.42 Å². The van der Waals surface area contributed by atoms with Crippen molar-refractivity contribution in [2.75, 3.05) is 18.0 Å². The number of carbonyl (C=O) groups is 1. The molecule has 0 saturated heterocycles. The van der Waals surface area contributed by atoms with Crippen molar-refractivity contribution in [3.63, 3.8) is 0 Å². The highest BCUT2D eigenvalue weighted by Crippen LogP contribution is 2.18. The third kappa shape index (κ3) is 7.16. The fourth-order valence-electron chi connectivity index (χ4n) is 2.39. The molecule has 0 amide bonds. The van der Waals surface area contributed by atoms with Gasteiger partial charge in [0.2, 0.25) is 0 Å². The summed E-state index contributed by atoms with van der Waals surface area (Å²) in [6.07, 6.45) is 6.70. The second-order valence-corrected chi connectivity index (χ2v) is 5.61. The van der Waals surface area contributed by atoms with Crippen LogP contribution in [0.15, 0.2) is 24.3 Å². The van der Waals surface area contributed by atoms with E-state index in [1.165, 1.54) is 36.9 Å². The highest BCUT2D eigenvalue weighted by atomic mass is 16.4. The van der Waals surface area contributed by atoms with Crippen LogP contribution in [0.1, 0.15) is 57.9 Å². The van der Waals surface area contributed by atoms with Gasteiger partial charge in [-0.05, 0) is 43.4 Å². The van der Waals surface area contributed by atoms with Gasteiger partial charge in [-0.2, -0.15) is 0 Å². The number of carboxylic acids is 1. The van der Waals surface area contributed by atoms with Gasteiger partial charge in [-0.1, -0.05) is 38.8 Å². The van der Waals surface area contributed by atoms with Crippen LogP contribution in [0.2, 0.25) is 0 Å². The smallest absolute Gasteiger partial charge is 0.303 e. The maximum atomic E-state index is 10.5. The Labute approximate surface area is 129 Å². The van der Waals surface area contributed by atoms with E-state index in [1.807, 2.05) is 0 Å². The van der Waals surface area contributed by atoms with Crippen LogP contribution in [0.25, 0.3) is 0 Å². The fourth-order valence-corrected chi connectivity index (χ4v) is 2.39. The van der Waals surface area contributed by atoms with Gasteiger partial charge in [0.15, 0.2) is 0 Å². The van der Waals surface area contributed by atoms with Crippen molar-refractivity contribution in [3.05, 3.63) is 29.8 Å². The van der Waals surface area contributed by atoms with Crippen LogP contribution < -0.4 is 4.90 Å². The minimum atomic E-state index is -0.711. The molecule has 3 nitrogen and oxygen atoms in total. The number of aryl methyl sites for hydroxylation is 1. The van der Waals surface area contributed by atoms with Crippen LogP contribution >= 0.6 is 0 Å². The molecule has 0 bridgehead atoms. The van der Waals surface area contributed by atoms with E-state index in [0.29, 0.717) is 6.42 Å². The van der Waals surface area contributed by atoms with E-state index in [2.05, 4.69) is 43.0 Å². The third-order valence-electron chi connectivity index (χ3n) is 3.72. The lowest BCUT2D eigenvalue weighted by Gasteiger charge is -2.25. The van der Waals surface area contributed by atoms with Crippen molar-refractivity contribution in [3.8, 4) is 0 Å². The van der Waals surface area contributed by atoms with Crippen molar-refractivity contribution < 1.29 is 9.90 Å². The number of hydrogen-bond acceptors (Lipinski definition) is 2. The Balaban J connectivity index is 2.56. The Morgan fingerprint density at radius 2 is 1.57 bits per heavy atom. The molecule has 0 aromatic heterocycles. The molecule has 0 aliphatic carbocycles. The SMILES string of the molecule is CCCCN(CCCC)c1ccc(CCCC(=O)O)cc1. The average Bonchev–Trinajstić information content (AvgIpc) is 2.48. The molecule has 118 valence electrons. The number of carboxylic acid groups (broad SMARTS) is 1. The van der Waals surface area contributed by atoms with E-state index in [1.54, 1.807) is 0 Å². The van der Waals surface area contributed by atoms with E-state index >= 15 is 0 Å². The van der Waals surface area contributed by atoms with Crippen molar-refractivity contribution in [2.24, 2.45) is 0 Å². The molecular formula is C18H29NO2. The molecular weight excluding hydrogens is 262 g/mol. The second kappa shape index (κ2) is 10.3. The van der Waals surface area contributed by atoms with E-state index in [0.717, 1.165) is 19.5 Å². The van der Waals surface area contributed by atoms with Crippen LogP contribution in [-0.2, 0) is 11.2 Å². The first kappa shape index (κ1) is 17.5. The van der Waals surface area contributed by atoms with E-state index < -0.39 is 5.97 Å². The molecule has 1 aromatic carbocycles. The minimum absolute atomic E-state index is 0.251. The number of nitrogens with zero attached hydrogens (tertiary/aromatic N) is 1.